The Morgan fingerprint density at radius 3 is 2.83 bits per heavy atom. The highest BCUT2D eigenvalue weighted by molar-refractivity contribution is 7.99. The van der Waals surface area contributed by atoms with Crippen LogP contribution in [-0.2, 0) is 4.79 Å². The van der Waals surface area contributed by atoms with Crippen molar-refractivity contribution in [1.29, 1.82) is 0 Å². The number of nitrogens with two attached hydrogens (primary N) is 1. The lowest BCUT2D eigenvalue weighted by atomic mass is 10.2. The molecule has 2 rings (SSSR count). The normalized spacial score (nSPS) is 10.2. The van der Waals surface area contributed by atoms with Crippen molar-refractivity contribution in [2.24, 2.45) is 0 Å². The molecule has 0 aliphatic rings. The second-order valence-electron chi connectivity index (χ2n) is 4.49. The molecule has 0 radical (unpaired) electrons. The average molecular weight is 367 g/mol. The number of rotatable bonds is 6. The summed E-state index contributed by atoms with van der Waals surface area (Å²) in [7, 11) is 0. The van der Waals surface area contributed by atoms with E-state index in [9.17, 15) is 9.59 Å². The molecule has 1 aromatic heterocycles. The number of benzene rings is 1. The number of nitrogens with one attached hydrogen (secondary N) is 2. The molecule has 0 aliphatic carbocycles. The molecule has 0 fully saturated rings. The summed E-state index contributed by atoms with van der Waals surface area (Å²) in [5.74, 6) is 5.80. The molecule has 1 aromatic carbocycles. The van der Waals surface area contributed by atoms with Crippen LogP contribution in [0.25, 0.3) is 11.4 Å². The van der Waals surface area contributed by atoms with Crippen LogP contribution < -0.4 is 16.5 Å². The van der Waals surface area contributed by atoms with E-state index < -0.39 is 11.9 Å². The van der Waals surface area contributed by atoms with Crippen LogP contribution in [0.1, 0.15) is 0 Å². The molecule has 24 heavy (non-hydrogen) atoms. The second-order valence-corrected chi connectivity index (χ2v) is 5.84. The summed E-state index contributed by atoms with van der Waals surface area (Å²) in [5, 5.41) is 13.3. The predicted molar refractivity (Wildman–Crippen MR) is 93.1 cm³/mol. The molecule has 8 nitrogen and oxygen atoms in total. The van der Waals surface area contributed by atoms with Gasteiger partial charge in [-0.25, -0.2) is 9.47 Å². The SMILES string of the molecule is C=CCNC(=O)NC(=O)CSc1nnc(-c2ccccc2Cl)n1N. The number of amides is 3. The summed E-state index contributed by atoms with van der Waals surface area (Å²) < 4.78 is 1.25. The Labute approximate surface area is 147 Å². The summed E-state index contributed by atoms with van der Waals surface area (Å²) in [5.41, 5.74) is 0.634. The maximum atomic E-state index is 11.7. The van der Waals surface area contributed by atoms with Crippen molar-refractivity contribution in [3.8, 4) is 11.4 Å². The van der Waals surface area contributed by atoms with E-state index in [1.54, 1.807) is 24.3 Å². The molecule has 1 heterocycles. The summed E-state index contributed by atoms with van der Waals surface area (Å²) in [6.07, 6.45) is 1.51. The molecule has 0 saturated heterocycles. The van der Waals surface area contributed by atoms with Crippen LogP contribution in [0.15, 0.2) is 42.1 Å². The van der Waals surface area contributed by atoms with E-state index in [1.165, 1.54) is 10.8 Å². The first-order chi connectivity index (χ1) is 11.5. The molecule has 10 heteroatoms. The van der Waals surface area contributed by atoms with Gasteiger partial charge in [-0.1, -0.05) is 41.6 Å². The van der Waals surface area contributed by atoms with Crippen LogP contribution in [0.2, 0.25) is 5.02 Å². The lowest BCUT2D eigenvalue weighted by Crippen LogP contribution is -2.40. The zero-order valence-electron chi connectivity index (χ0n) is 12.5. The van der Waals surface area contributed by atoms with E-state index in [1.807, 2.05) is 0 Å². The van der Waals surface area contributed by atoms with Gasteiger partial charge >= 0.3 is 6.03 Å². The van der Waals surface area contributed by atoms with Crippen LogP contribution in [0, 0.1) is 0 Å². The molecule has 2 aromatic rings. The Hall–Kier alpha value is -2.52. The fourth-order valence-electron chi connectivity index (χ4n) is 1.70. The topological polar surface area (TPSA) is 115 Å². The smallest absolute Gasteiger partial charge is 0.321 e. The molecule has 3 amide bonds. The highest BCUT2D eigenvalue weighted by atomic mass is 35.5. The first kappa shape index (κ1) is 17.8. The first-order valence-corrected chi connectivity index (χ1v) is 8.16. The number of hydrogen-bond acceptors (Lipinski definition) is 6. The number of carbonyl (C=O) groups excluding carboxylic acids is 2. The van der Waals surface area contributed by atoms with Crippen molar-refractivity contribution in [2.45, 2.75) is 5.16 Å². The number of halogens is 1. The van der Waals surface area contributed by atoms with E-state index in [0.29, 0.717) is 21.6 Å². The average Bonchev–Trinajstić information content (AvgIpc) is 2.92. The number of aromatic nitrogens is 3. The van der Waals surface area contributed by atoms with Gasteiger partial charge in [0.2, 0.25) is 11.1 Å². The molecule has 0 bridgehead atoms. The predicted octanol–water partition coefficient (Wildman–Crippen LogP) is 1.42. The molecular formula is C14H15ClN6O2S. The molecule has 0 saturated carbocycles. The monoisotopic (exact) mass is 366 g/mol. The minimum Gasteiger partial charge on any atom is -0.335 e. The number of imide groups is 1. The van der Waals surface area contributed by atoms with Gasteiger partial charge in [0.05, 0.1) is 10.8 Å². The van der Waals surface area contributed by atoms with Crippen molar-refractivity contribution in [3.63, 3.8) is 0 Å². The van der Waals surface area contributed by atoms with E-state index in [0.717, 1.165) is 11.8 Å². The molecule has 0 atom stereocenters. The summed E-state index contributed by atoms with van der Waals surface area (Å²) in [6, 6.07) is 6.49. The van der Waals surface area contributed by atoms with Crippen LogP contribution in [0.5, 0.6) is 0 Å². The number of thioether (sulfide) groups is 1. The Morgan fingerprint density at radius 2 is 2.12 bits per heavy atom. The van der Waals surface area contributed by atoms with Crippen molar-refractivity contribution in [3.05, 3.63) is 41.9 Å². The Balaban J connectivity index is 1.97. The van der Waals surface area contributed by atoms with Gasteiger partial charge < -0.3 is 11.2 Å². The van der Waals surface area contributed by atoms with Crippen LogP contribution in [0.4, 0.5) is 4.79 Å². The lowest BCUT2D eigenvalue weighted by Gasteiger charge is -2.06. The van der Waals surface area contributed by atoms with E-state index in [2.05, 4.69) is 27.4 Å². The minimum atomic E-state index is -0.591. The van der Waals surface area contributed by atoms with Gasteiger partial charge in [-0.15, -0.1) is 16.8 Å². The van der Waals surface area contributed by atoms with E-state index >= 15 is 0 Å². The fraction of sp³-hybridized carbons (Fsp3) is 0.143. The minimum absolute atomic E-state index is 0.0423. The van der Waals surface area contributed by atoms with Gasteiger partial charge in [-0.3, -0.25) is 10.1 Å². The van der Waals surface area contributed by atoms with Crippen LogP contribution in [-0.4, -0.2) is 39.1 Å². The molecule has 0 spiro atoms. The van der Waals surface area contributed by atoms with E-state index in [-0.39, 0.29) is 12.3 Å². The zero-order chi connectivity index (χ0) is 17.5. The Kier molecular flexibility index (Phi) is 6.21. The number of nitrogens with zero attached hydrogens (tertiary/aromatic N) is 3. The standard InChI is InChI=1S/C14H15ClN6O2S/c1-2-7-17-13(23)18-11(22)8-24-14-20-19-12(21(14)16)9-5-3-4-6-10(9)15/h2-6H,1,7-8,16H2,(H2,17,18,22,23). The van der Waals surface area contributed by atoms with Gasteiger partial charge in [0.15, 0.2) is 5.82 Å². The van der Waals surface area contributed by atoms with Crippen LogP contribution in [0.3, 0.4) is 0 Å². The molecule has 0 aliphatic heterocycles. The van der Waals surface area contributed by atoms with Gasteiger partial charge in [0.25, 0.3) is 0 Å². The van der Waals surface area contributed by atoms with Crippen molar-refractivity contribution < 1.29 is 9.59 Å². The molecule has 4 N–H and O–H groups in total. The van der Waals surface area contributed by atoms with Gasteiger partial charge in [-0.05, 0) is 12.1 Å². The Morgan fingerprint density at radius 1 is 1.38 bits per heavy atom. The molecule has 126 valence electrons. The highest BCUT2D eigenvalue weighted by Gasteiger charge is 2.16. The highest BCUT2D eigenvalue weighted by Crippen LogP contribution is 2.27. The fourth-order valence-corrected chi connectivity index (χ4v) is 2.58. The molecular weight excluding hydrogens is 352 g/mol. The quantitative estimate of drug-likeness (QED) is 0.404. The number of urea groups is 1. The Bertz CT molecular complexity index is 763. The lowest BCUT2D eigenvalue weighted by molar-refractivity contribution is -0.117. The summed E-state index contributed by atoms with van der Waals surface area (Å²) in [6.45, 7) is 3.73. The maximum absolute atomic E-state index is 11.7. The zero-order valence-corrected chi connectivity index (χ0v) is 14.1. The summed E-state index contributed by atoms with van der Waals surface area (Å²) in [4.78, 5) is 23.0. The van der Waals surface area contributed by atoms with E-state index in [4.69, 9.17) is 17.4 Å². The van der Waals surface area contributed by atoms with Crippen LogP contribution >= 0.6 is 23.4 Å². The van der Waals surface area contributed by atoms with Gasteiger partial charge in [0, 0.05) is 12.1 Å². The third-order valence-electron chi connectivity index (χ3n) is 2.77. The third-order valence-corrected chi connectivity index (χ3v) is 4.04. The first-order valence-electron chi connectivity index (χ1n) is 6.79. The number of carbonyl (C=O) groups is 2. The third kappa shape index (κ3) is 4.49. The van der Waals surface area contributed by atoms with Gasteiger partial charge in [-0.2, -0.15) is 0 Å². The van der Waals surface area contributed by atoms with Gasteiger partial charge in [0.1, 0.15) is 0 Å². The van der Waals surface area contributed by atoms with Crippen molar-refractivity contribution >= 4 is 35.3 Å². The molecule has 0 unspecified atom stereocenters. The van der Waals surface area contributed by atoms with Crippen molar-refractivity contribution in [2.75, 3.05) is 18.1 Å². The number of hydrogen-bond donors (Lipinski definition) is 3. The second kappa shape index (κ2) is 8.37. The summed E-state index contributed by atoms with van der Waals surface area (Å²) >= 11 is 7.16. The van der Waals surface area contributed by atoms with Crippen molar-refractivity contribution in [1.82, 2.24) is 25.5 Å². The number of nitrogen functional groups attached to an aromatic ring is 1. The maximum Gasteiger partial charge on any atom is 0.321 e. The largest absolute Gasteiger partial charge is 0.335 e.